The molecule has 1 heterocycles. The number of methoxy groups -OCH3 is 2. The van der Waals surface area contributed by atoms with Gasteiger partial charge in [0.15, 0.2) is 0 Å². The average molecular weight is 251 g/mol. The standard InChI is InChI=1S/C13H17NO4/c1-6-9-11(13(16)18-5)10(12(15)17-4)8(3)14(9)7-2/h6H,1,7H2,2-5H3. The number of esters is 2. The molecule has 0 aliphatic carbocycles. The molecule has 0 fully saturated rings. The molecule has 0 N–H and O–H groups in total. The fourth-order valence-corrected chi connectivity index (χ4v) is 2.04. The van der Waals surface area contributed by atoms with Crippen LogP contribution in [0.3, 0.4) is 0 Å². The van der Waals surface area contributed by atoms with Gasteiger partial charge in [-0.2, -0.15) is 0 Å². The summed E-state index contributed by atoms with van der Waals surface area (Å²) in [7, 11) is 2.55. The summed E-state index contributed by atoms with van der Waals surface area (Å²) in [5, 5.41) is 0. The lowest BCUT2D eigenvalue weighted by Crippen LogP contribution is -2.11. The van der Waals surface area contributed by atoms with E-state index in [1.807, 2.05) is 11.5 Å². The van der Waals surface area contributed by atoms with E-state index in [1.165, 1.54) is 20.3 Å². The summed E-state index contributed by atoms with van der Waals surface area (Å²) in [5.41, 5.74) is 1.68. The van der Waals surface area contributed by atoms with Gasteiger partial charge in [0.05, 0.1) is 31.0 Å². The maximum Gasteiger partial charge on any atom is 0.340 e. The van der Waals surface area contributed by atoms with Crippen LogP contribution in [0.2, 0.25) is 0 Å². The Morgan fingerprint density at radius 3 is 2.11 bits per heavy atom. The van der Waals surface area contributed by atoms with Gasteiger partial charge in [-0.25, -0.2) is 9.59 Å². The van der Waals surface area contributed by atoms with Crippen LogP contribution in [0.25, 0.3) is 6.08 Å². The smallest absolute Gasteiger partial charge is 0.340 e. The number of hydrogen-bond donors (Lipinski definition) is 0. The molecule has 1 aromatic heterocycles. The van der Waals surface area contributed by atoms with E-state index in [2.05, 4.69) is 6.58 Å². The minimum Gasteiger partial charge on any atom is -0.465 e. The quantitative estimate of drug-likeness (QED) is 0.768. The minimum absolute atomic E-state index is 0.207. The van der Waals surface area contributed by atoms with Crippen molar-refractivity contribution in [1.82, 2.24) is 4.57 Å². The van der Waals surface area contributed by atoms with Gasteiger partial charge in [-0.1, -0.05) is 6.58 Å². The normalized spacial score (nSPS) is 10.0. The lowest BCUT2D eigenvalue weighted by Gasteiger charge is -2.05. The van der Waals surface area contributed by atoms with E-state index in [0.29, 0.717) is 17.9 Å². The van der Waals surface area contributed by atoms with E-state index >= 15 is 0 Å². The molecule has 98 valence electrons. The zero-order chi connectivity index (χ0) is 13.9. The van der Waals surface area contributed by atoms with Gasteiger partial charge in [0.2, 0.25) is 0 Å². The Hall–Kier alpha value is -2.04. The van der Waals surface area contributed by atoms with Gasteiger partial charge in [0.1, 0.15) is 0 Å². The number of nitrogens with zero attached hydrogens (tertiary/aromatic N) is 1. The molecule has 0 aliphatic rings. The van der Waals surface area contributed by atoms with Crippen LogP contribution in [0.15, 0.2) is 6.58 Å². The van der Waals surface area contributed by atoms with Crippen molar-refractivity contribution in [2.24, 2.45) is 0 Å². The van der Waals surface area contributed by atoms with Crippen LogP contribution in [-0.2, 0) is 16.0 Å². The number of rotatable bonds is 4. The molecule has 0 saturated carbocycles. The molecule has 0 aliphatic heterocycles. The van der Waals surface area contributed by atoms with Crippen LogP contribution >= 0.6 is 0 Å². The highest BCUT2D eigenvalue weighted by Gasteiger charge is 2.28. The summed E-state index contributed by atoms with van der Waals surface area (Å²) >= 11 is 0. The zero-order valence-electron chi connectivity index (χ0n) is 11.1. The second kappa shape index (κ2) is 5.53. The first kappa shape index (κ1) is 14.0. The Morgan fingerprint density at radius 2 is 1.72 bits per heavy atom. The third-order valence-corrected chi connectivity index (χ3v) is 2.85. The molecule has 0 unspecified atom stereocenters. The topological polar surface area (TPSA) is 57.5 Å². The molecule has 0 aromatic carbocycles. The van der Waals surface area contributed by atoms with E-state index in [9.17, 15) is 9.59 Å². The molecule has 0 amide bonds. The third-order valence-electron chi connectivity index (χ3n) is 2.85. The lowest BCUT2D eigenvalue weighted by atomic mass is 10.1. The largest absolute Gasteiger partial charge is 0.465 e. The van der Waals surface area contributed by atoms with Gasteiger partial charge >= 0.3 is 11.9 Å². The number of aromatic nitrogens is 1. The predicted molar refractivity (Wildman–Crippen MR) is 67.6 cm³/mol. The third kappa shape index (κ3) is 2.03. The molecule has 0 radical (unpaired) electrons. The first-order chi connectivity index (χ1) is 8.53. The molecule has 18 heavy (non-hydrogen) atoms. The molecule has 1 rings (SSSR count). The Morgan fingerprint density at radius 1 is 1.22 bits per heavy atom. The van der Waals surface area contributed by atoms with Gasteiger partial charge in [-0.3, -0.25) is 0 Å². The van der Waals surface area contributed by atoms with Crippen molar-refractivity contribution in [1.29, 1.82) is 0 Å². The van der Waals surface area contributed by atoms with Crippen molar-refractivity contribution in [3.05, 3.63) is 29.1 Å². The van der Waals surface area contributed by atoms with Crippen LogP contribution < -0.4 is 0 Å². The maximum atomic E-state index is 11.8. The molecule has 5 nitrogen and oxygen atoms in total. The van der Waals surface area contributed by atoms with Gasteiger partial charge in [0.25, 0.3) is 0 Å². The van der Waals surface area contributed by atoms with Gasteiger partial charge < -0.3 is 14.0 Å². The summed E-state index contributed by atoms with van der Waals surface area (Å²) < 4.78 is 11.3. The van der Waals surface area contributed by atoms with Crippen LogP contribution in [0.5, 0.6) is 0 Å². The van der Waals surface area contributed by atoms with Crippen LogP contribution in [0, 0.1) is 6.92 Å². The molecule has 0 bridgehead atoms. The van der Waals surface area contributed by atoms with E-state index in [1.54, 1.807) is 6.92 Å². The maximum absolute atomic E-state index is 11.8. The van der Waals surface area contributed by atoms with Gasteiger partial charge in [-0.05, 0) is 19.9 Å². The number of carbonyl (C=O) groups is 2. The second-order valence-corrected chi connectivity index (χ2v) is 3.65. The molecule has 1 aromatic rings. The van der Waals surface area contributed by atoms with E-state index < -0.39 is 11.9 Å². The number of carbonyl (C=O) groups excluding carboxylic acids is 2. The Bertz CT molecular complexity index is 500. The summed E-state index contributed by atoms with van der Waals surface area (Å²) in [6.07, 6.45) is 1.54. The summed E-state index contributed by atoms with van der Waals surface area (Å²) in [4.78, 5) is 23.6. The van der Waals surface area contributed by atoms with Crippen LogP contribution in [0.4, 0.5) is 0 Å². The predicted octanol–water partition coefficient (Wildman–Crippen LogP) is 2.03. The molecular formula is C13H17NO4. The number of hydrogen-bond acceptors (Lipinski definition) is 4. The fraction of sp³-hybridized carbons (Fsp3) is 0.385. The highest BCUT2D eigenvalue weighted by atomic mass is 16.5. The van der Waals surface area contributed by atoms with Crippen LogP contribution in [0.1, 0.15) is 39.0 Å². The monoisotopic (exact) mass is 251 g/mol. The Balaban J connectivity index is 3.67. The van der Waals surface area contributed by atoms with E-state index in [0.717, 1.165) is 0 Å². The first-order valence-corrected chi connectivity index (χ1v) is 5.55. The SMILES string of the molecule is C=Cc1c(C(=O)OC)c(C(=O)OC)c(C)n1CC. The van der Waals surface area contributed by atoms with Crippen molar-refractivity contribution >= 4 is 18.0 Å². The van der Waals surface area contributed by atoms with Crippen molar-refractivity contribution in [3.63, 3.8) is 0 Å². The fourth-order valence-electron chi connectivity index (χ4n) is 2.04. The molecule has 5 heteroatoms. The van der Waals surface area contributed by atoms with Gasteiger partial charge in [0, 0.05) is 12.2 Å². The highest BCUT2D eigenvalue weighted by Crippen LogP contribution is 2.25. The summed E-state index contributed by atoms with van der Waals surface area (Å²) in [6, 6.07) is 0. The Kier molecular flexibility index (Phi) is 4.31. The molecular weight excluding hydrogens is 234 g/mol. The van der Waals surface area contributed by atoms with Crippen LogP contribution in [-0.4, -0.2) is 30.7 Å². The van der Waals surface area contributed by atoms with Crippen molar-refractivity contribution in [2.45, 2.75) is 20.4 Å². The lowest BCUT2D eigenvalue weighted by molar-refractivity contribution is 0.0556. The van der Waals surface area contributed by atoms with Crippen molar-refractivity contribution < 1.29 is 19.1 Å². The summed E-state index contributed by atoms with van der Waals surface area (Å²) in [5.74, 6) is -1.12. The zero-order valence-corrected chi connectivity index (χ0v) is 11.1. The second-order valence-electron chi connectivity index (χ2n) is 3.65. The van der Waals surface area contributed by atoms with Gasteiger partial charge in [-0.15, -0.1) is 0 Å². The number of ether oxygens (including phenoxy) is 2. The molecule has 0 saturated heterocycles. The molecule has 0 atom stereocenters. The molecule has 0 spiro atoms. The van der Waals surface area contributed by atoms with E-state index in [-0.39, 0.29) is 11.1 Å². The first-order valence-electron chi connectivity index (χ1n) is 5.55. The highest BCUT2D eigenvalue weighted by molar-refractivity contribution is 6.06. The average Bonchev–Trinajstić information content (AvgIpc) is 2.68. The Labute approximate surface area is 106 Å². The minimum atomic E-state index is -0.569. The van der Waals surface area contributed by atoms with E-state index in [4.69, 9.17) is 9.47 Å². The summed E-state index contributed by atoms with van der Waals surface area (Å²) in [6.45, 7) is 7.97. The van der Waals surface area contributed by atoms with Crippen molar-refractivity contribution in [3.8, 4) is 0 Å². The van der Waals surface area contributed by atoms with Crippen molar-refractivity contribution in [2.75, 3.05) is 14.2 Å².